The van der Waals surface area contributed by atoms with Crippen molar-refractivity contribution in [3.05, 3.63) is 60.0 Å². The number of nitrogens with two attached hydrogens (primary N) is 1. The molecule has 3 rings (SSSR count). The van der Waals surface area contributed by atoms with E-state index in [0.717, 1.165) is 22.2 Å². The van der Waals surface area contributed by atoms with E-state index in [2.05, 4.69) is 10.4 Å². The Kier molecular flexibility index (Phi) is 3.53. The smallest absolute Gasteiger partial charge is 0.168 e. The van der Waals surface area contributed by atoms with E-state index in [9.17, 15) is 4.39 Å². The van der Waals surface area contributed by atoms with Crippen LogP contribution in [-0.2, 0) is 6.54 Å². The highest BCUT2D eigenvalue weighted by atomic mass is 32.1. The minimum absolute atomic E-state index is 0.224. The third kappa shape index (κ3) is 3.00. The lowest BCUT2D eigenvalue weighted by atomic mass is 10.2. The summed E-state index contributed by atoms with van der Waals surface area (Å²) < 4.78 is 15.1. The predicted octanol–water partition coefficient (Wildman–Crippen LogP) is 2.88. The Hall–Kier alpha value is -2.47. The van der Waals surface area contributed by atoms with E-state index >= 15 is 0 Å². The third-order valence-electron chi connectivity index (χ3n) is 3.13. The van der Waals surface area contributed by atoms with Crippen LogP contribution in [0.5, 0.6) is 0 Å². The van der Waals surface area contributed by atoms with Crippen molar-refractivity contribution in [2.45, 2.75) is 6.54 Å². The molecule has 2 aromatic carbocycles. The number of halogens is 1. The van der Waals surface area contributed by atoms with E-state index in [-0.39, 0.29) is 10.9 Å². The number of hydrogen-bond acceptors (Lipinski definition) is 2. The van der Waals surface area contributed by atoms with Crippen molar-refractivity contribution in [1.82, 2.24) is 9.78 Å². The molecule has 0 fully saturated rings. The Labute approximate surface area is 126 Å². The first-order valence-corrected chi connectivity index (χ1v) is 6.79. The van der Waals surface area contributed by atoms with E-state index in [0.29, 0.717) is 6.54 Å². The molecule has 0 unspecified atom stereocenters. The summed E-state index contributed by atoms with van der Waals surface area (Å²) in [7, 11) is 0. The number of thiocarbonyl (C=S) groups is 1. The second-order valence-corrected chi connectivity index (χ2v) is 5.13. The number of aromatic nitrogens is 2. The lowest BCUT2D eigenvalue weighted by molar-refractivity contribution is 0.621. The third-order valence-corrected chi connectivity index (χ3v) is 3.23. The first-order valence-electron chi connectivity index (χ1n) is 6.38. The van der Waals surface area contributed by atoms with Crippen LogP contribution in [0.1, 0.15) is 5.56 Å². The van der Waals surface area contributed by atoms with Crippen molar-refractivity contribution in [1.29, 1.82) is 0 Å². The van der Waals surface area contributed by atoms with Crippen molar-refractivity contribution in [3.8, 4) is 0 Å². The first-order chi connectivity index (χ1) is 10.1. The van der Waals surface area contributed by atoms with Crippen molar-refractivity contribution < 1.29 is 4.39 Å². The second-order valence-electron chi connectivity index (χ2n) is 4.69. The van der Waals surface area contributed by atoms with Crippen molar-refractivity contribution in [2.75, 3.05) is 5.32 Å². The van der Waals surface area contributed by atoms with Gasteiger partial charge in [0.2, 0.25) is 0 Å². The summed E-state index contributed by atoms with van der Waals surface area (Å²) in [5.74, 6) is -0.244. The van der Waals surface area contributed by atoms with Crippen molar-refractivity contribution >= 4 is 33.9 Å². The standard InChI is InChI=1S/C15H13FN4S/c16-12-3-1-2-10(6-12)9-20-14-5-4-13(19-15(17)21)7-11(14)8-18-20/h1-8H,9H2,(H3,17,19,21). The molecule has 0 aliphatic carbocycles. The average Bonchev–Trinajstić information content (AvgIpc) is 2.81. The molecule has 21 heavy (non-hydrogen) atoms. The van der Waals surface area contributed by atoms with Crippen LogP contribution in [0.15, 0.2) is 48.7 Å². The van der Waals surface area contributed by atoms with Gasteiger partial charge < -0.3 is 11.1 Å². The van der Waals surface area contributed by atoms with E-state index in [4.69, 9.17) is 18.0 Å². The van der Waals surface area contributed by atoms with Crippen molar-refractivity contribution in [3.63, 3.8) is 0 Å². The molecule has 0 radical (unpaired) electrons. The van der Waals surface area contributed by atoms with E-state index in [1.54, 1.807) is 12.3 Å². The highest BCUT2D eigenvalue weighted by Gasteiger charge is 2.05. The first kappa shape index (κ1) is 13.5. The van der Waals surface area contributed by atoms with Gasteiger partial charge >= 0.3 is 0 Å². The quantitative estimate of drug-likeness (QED) is 0.730. The zero-order valence-electron chi connectivity index (χ0n) is 11.1. The minimum Gasteiger partial charge on any atom is -0.376 e. The fourth-order valence-electron chi connectivity index (χ4n) is 2.24. The topological polar surface area (TPSA) is 55.9 Å². The summed E-state index contributed by atoms with van der Waals surface area (Å²) in [6.45, 7) is 0.517. The van der Waals surface area contributed by atoms with Crippen LogP contribution in [-0.4, -0.2) is 14.9 Å². The lowest BCUT2D eigenvalue weighted by Gasteiger charge is -2.06. The molecule has 0 bridgehead atoms. The molecule has 0 saturated heterocycles. The average molecular weight is 300 g/mol. The van der Waals surface area contributed by atoms with E-state index in [1.165, 1.54) is 12.1 Å². The van der Waals surface area contributed by atoms with Crippen LogP contribution >= 0.6 is 12.2 Å². The van der Waals surface area contributed by atoms with Gasteiger partial charge in [0, 0.05) is 11.1 Å². The zero-order valence-corrected chi connectivity index (χ0v) is 11.9. The van der Waals surface area contributed by atoms with Gasteiger partial charge in [-0.3, -0.25) is 4.68 Å². The maximum atomic E-state index is 13.2. The van der Waals surface area contributed by atoms with E-state index in [1.807, 2.05) is 28.9 Å². The van der Waals surface area contributed by atoms with Gasteiger partial charge in [0.05, 0.1) is 18.3 Å². The Bertz CT molecular complexity index is 812. The largest absolute Gasteiger partial charge is 0.376 e. The number of rotatable bonds is 3. The molecule has 1 heterocycles. The normalized spacial score (nSPS) is 10.7. The number of hydrogen-bond donors (Lipinski definition) is 2. The highest BCUT2D eigenvalue weighted by molar-refractivity contribution is 7.80. The zero-order chi connectivity index (χ0) is 14.8. The van der Waals surface area contributed by atoms with Gasteiger partial charge in [0.15, 0.2) is 5.11 Å². The molecule has 6 heteroatoms. The maximum absolute atomic E-state index is 13.2. The van der Waals surface area contributed by atoms with Crippen LogP contribution in [0.3, 0.4) is 0 Å². The Morgan fingerprint density at radius 1 is 1.29 bits per heavy atom. The molecule has 0 aliphatic heterocycles. The number of nitrogens with one attached hydrogen (secondary N) is 1. The van der Waals surface area contributed by atoms with Gasteiger partial charge in [-0.05, 0) is 48.1 Å². The summed E-state index contributed by atoms with van der Waals surface area (Å²) in [5.41, 5.74) is 8.11. The number of nitrogens with zero attached hydrogens (tertiary/aromatic N) is 2. The fraction of sp³-hybridized carbons (Fsp3) is 0.0667. The number of fused-ring (bicyclic) bond motifs is 1. The summed E-state index contributed by atoms with van der Waals surface area (Å²) in [5, 5.41) is 8.42. The van der Waals surface area contributed by atoms with E-state index < -0.39 is 0 Å². The molecule has 3 aromatic rings. The van der Waals surface area contributed by atoms with Crippen LogP contribution in [0.25, 0.3) is 10.9 Å². The van der Waals surface area contributed by atoms with Gasteiger partial charge in [-0.1, -0.05) is 12.1 Å². The Morgan fingerprint density at radius 2 is 2.14 bits per heavy atom. The molecule has 0 aliphatic rings. The lowest BCUT2D eigenvalue weighted by Crippen LogP contribution is -2.18. The number of anilines is 1. The molecule has 0 atom stereocenters. The van der Waals surface area contributed by atoms with Crippen LogP contribution in [0.2, 0.25) is 0 Å². The minimum atomic E-state index is -0.244. The Morgan fingerprint density at radius 3 is 2.90 bits per heavy atom. The second kappa shape index (κ2) is 5.49. The van der Waals surface area contributed by atoms with Gasteiger partial charge in [0.1, 0.15) is 5.82 Å². The molecule has 106 valence electrons. The molecule has 3 N–H and O–H groups in total. The monoisotopic (exact) mass is 300 g/mol. The van der Waals surface area contributed by atoms with Crippen LogP contribution in [0.4, 0.5) is 10.1 Å². The molecular formula is C15H13FN4S. The van der Waals surface area contributed by atoms with Crippen molar-refractivity contribution in [2.24, 2.45) is 5.73 Å². The molecule has 1 aromatic heterocycles. The predicted molar refractivity (Wildman–Crippen MR) is 85.6 cm³/mol. The fourth-order valence-corrected chi connectivity index (χ4v) is 2.36. The summed E-state index contributed by atoms with van der Waals surface area (Å²) in [6, 6.07) is 12.2. The van der Waals surface area contributed by atoms with Gasteiger partial charge in [0.25, 0.3) is 0 Å². The summed E-state index contributed by atoms with van der Waals surface area (Å²) in [6.07, 6.45) is 1.76. The molecule has 4 nitrogen and oxygen atoms in total. The summed E-state index contributed by atoms with van der Waals surface area (Å²) >= 11 is 4.81. The Balaban J connectivity index is 1.91. The molecule has 0 spiro atoms. The van der Waals surface area contributed by atoms with Gasteiger partial charge in [-0.2, -0.15) is 5.10 Å². The number of benzene rings is 2. The summed E-state index contributed by atoms with van der Waals surface area (Å²) in [4.78, 5) is 0. The van der Waals surface area contributed by atoms with Gasteiger partial charge in [-0.15, -0.1) is 0 Å². The molecular weight excluding hydrogens is 287 g/mol. The molecule has 0 amide bonds. The van der Waals surface area contributed by atoms with Crippen LogP contribution in [0, 0.1) is 5.82 Å². The maximum Gasteiger partial charge on any atom is 0.168 e. The van der Waals surface area contributed by atoms with Gasteiger partial charge in [-0.25, -0.2) is 4.39 Å². The SMILES string of the molecule is NC(=S)Nc1ccc2c(cnn2Cc2cccc(F)c2)c1. The molecule has 0 saturated carbocycles. The van der Waals surface area contributed by atoms with Crippen LogP contribution < -0.4 is 11.1 Å². The highest BCUT2D eigenvalue weighted by Crippen LogP contribution is 2.20.